The molecule has 5 heteroatoms. The van der Waals surface area contributed by atoms with Crippen LogP contribution in [0.3, 0.4) is 0 Å². The van der Waals surface area contributed by atoms with Gasteiger partial charge in [0.1, 0.15) is 17.6 Å². The number of aliphatic hydroxyl groups is 1. The Bertz CT molecular complexity index is 541. The van der Waals surface area contributed by atoms with E-state index in [1.807, 2.05) is 0 Å². The van der Waals surface area contributed by atoms with Crippen molar-refractivity contribution in [3.05, 3.63) is 59.0 Å². The van der Waals surface area contributed by atoms with E-state index in [0.29, 0.717) is 17.1 Å². The summed E-state index contributed by atoms with van der Waals surface area (Å²) < 4.78 is 42.4. The fourth-order valence-corrected chi connectivity index (χ4v) is 1.79. The molecule has 0 aliphatic carbocycles. The highest BCUT2D eigenvalue weighted by atomic mass is 19.4. The molecule has 0 bridgehead atoms. The molecule has 0 saturated heterocycles. The first-order valence-electron chi connectivity index (χ1n) is 5.77. The van der Waals surface area contributed by atoms with Crippen molar-refractivity contribution in [3.8, 4) is 0 Å². The van der Waals surface area contributed by atoms with E-state index in [4.69, 9.17) is 4.42 Å². The van der Waals surface area contributed by atoms with Crippen molar-refractivity contribution in [2.75, 3.05) is 0 Å². The standard InChI is InChI=1S/C14H13F3O2/c1-9-2-7-13(19-9)12(18)8-10-3-5-11(6-4-10)14(15,16)17/h2-7,12,18H,8H2,1H3. The number of aliphatic hydroxyl groups excluding tert-OH is 1. The first kappa shape index (κ1) is 13.7. The molecule has 0 spiro atoms. The zero-order valence-corrected chi connectivity index (χ0v) is 10.2. The van der Waals surface area contributed by atoms with Gasteiger partial charge in [-0.15, -0.1) is 0 Å². The van der Waals surface area contributed by atoms with Gasteiger partial charge in [0.15, 0.2) is 0 Å². The Labute approximate surface area is 108 Å². The summed E-state index contributed by atoms with van der Waals surface area (Å²) in [5.74, 6) is 1.10. The zero-order chi connectivity index (χ0) is 14.0. The average Bonchev–Trinajstić information content (AvgIpc) is 2.75. The maximum absolute atomic E-state index is 12.4. The third-order valence-corrected chi connectivity index (χ3v) is 2.80. The molecule has 0 radical (unpaired) electrons. The quantitative estimate of drug-likeness (QED) is 0.918. The van der Waals surface area contributed by atoms with E-state index >= 15 is 0 Å². The van der Waals surface area contributed by atoms with Crippen LogP contribution >= 0.6 is 0 Å². The molecule has 1 unspecified atom stereocenters. The van der Waals surface area contributed by atoms with Crippen LogP contribution in [0.1, 0.15) is 28.8 Å². The van der Waals surface area contributed by atoms with Crippen LogP contribution in [-0.2, 0) is 12.6 Å². The topological polar surface area (TPSA) is 33.4 Å². The minimum Gasteiger partial charge on any atom is -0.464 e. The SMILES string of the molecule is Cc1ccc(C(O)Cc2ccc(C(F)(F)F)cc2)o1. The van der Waals surface area contributed by atoms with Gasteiger partial charge in [0, 0.05) is 6.42 Å². The zero-order valence-electron chi connectivity index (χ0n) is 10.2. The van der Waals surface area contributed by atoms with Crippen molar-refractivity contribution in [1.82, 2.24) is 0 Å². The van der Waals surface area contributed by atoms with Gasteiger partial charge in [0.05, 0.1) is 5.56 Å². The summed E-state index contributed by atoms with van der Waals surface area (Å²) in [6.45, 7) is 1.76. The fraction of sp³-hybridized carbons (Fsp3) is 0.286. The van der Waals surface area contributed by atoms with E-state index in [1.165, 1.54) is 12.1 Å². The van der Waals surface area contributed by atoms with E-state index in [1.54, 1.807) is 19.1 Å². The number of furan rings is 1. The first-order valence-corrected chi connectivity index (χ1v) is 5.77. The molecule has 0 fully saturated rings. The maximum atomic E-state index is 12.4. The Morgan fingerprint density at radius 3 is 2.21 bits per heavy atom. The minimum atomic E-state index is -4.34. The third-order valence-electron chi connectivity index (χ3n) is 2.80. The summed E-state index contributed by atoms with van der Waals surface area (Å²) in [6.07, 6.45) is -4.98. The summed E-state index contributed by atoms with van der Waals surface area (Å²) in [4.78, 5) is 0. The Kier molecular flexibility index (Phi) is 3.66. The predicted molar refractivity (Wildman–Crippen MR) is 63.6 cm³/mol. The summed E-state index contributed by atoms with van der Waals surface area (Å²) >= 11 is 0. The first-order chi connectivity index (χ1) is 8.86. The number of hydrogen-bond acceptors (Lipinski definition) is 2. The van der Waals surface area contributed by atoms with E-state index in [2.05, 4.69) is 0 Å². The van der Waals surface area contributed by atoms with Crippen LogP contribution in [0.2, 0.25) is 0 Å². The molecule has 102 valence electrons. The molecule has 2 rings (SSSR count). The van der Waals surface area contributed by atoms with E-state index in [-0.39, 0.29) is 6.42 Å². The number of hydrogen-bond donors (Lipinski definition) is 1. The Morgan fingerprint density at radius 1 is 1.11 bits per heavy atom. The van der Waals surface area contributed by atoms with Crippen molar-refractivity contribution in [1.29, 1.82) is 0 Å². The summed E-state index contributed by atoms with van der Waals surface area (Å²) in [5.41, 5.74) is -0.0749. The lowest BCUT2D eigenvalue weighted by atomic mass is 10.0. The lowest BCUT2D eigenvalue weighted by molar-refractivity contribution is -0.137. The van der Waals surface area contributed by atoms with Gasteiger partial charge < -0.3 is 9.52 Å². The van der Waals surface area contributed by atoms with E-state index in [9.17, 15) is 18.3 Å². The van der Waals surface area contributed by atoms with Crippen molar-refractivity contribution < 1.29 is 22.7 Å². The van der Waals surface area contributed by atoms with Crippen molar-refractivity contribution in [3.63, 3.8) is 0 Å². The number of aryl methyl sites for hydroxylation is 1. The van der Waals surface area contributed by atoms with Crippen molar-refractivity contribution >= 4 is 0 Å². The van der Waals surface area contributed by atoms with Crippen molar-refractivity contribution in [2.45, 2.75) is 25.6 Å². The highest BCUT2D eigenvalue weighted by Crippen LogP contribution is 2.29. The van der Waals surface area contributed by atoms with Crippen LogP contribution in [0, 0.1) is 6.92 Å². The molecule has 1 heterocycles. The molecule has 19 heavy (non-hydrogen) atoms. The van der Waals surface area contributed by atoms with E-state index in [0.717, 1.165) is 12.1 Å². The molecule has 0 saturated carbocycles. The lowest BCUT2D eigenvalue weighted by Gasteiger charge is -2.10. The lowest BCUT2D eigenvalue weighted by Crippen LogP contribution is -2.05. The van der Waals surface area contributed by atoms with Crippen LogP contribution in [0.15, 0.2) is 40.8 Å². The Morgan fingerprint density at radius 2 is 1.74 bits per heavy atom. The van der Waals surface area contributed by atoms with Gasteiger partial charge in [-0.1, -0.05) is 12.1 Å². The minimum absolute atomic E-state index is 0.213. The van der Waals surface area contributed by atoms with E-state index < -0.39 is 17.8 Å². The second-order valence-corrected chi connectivity index (χ2v) is 4.36. The van der Waals surface area contributed by atoms with Gasteiger partial charge in [-0.2, -0.15) is 13.2 Å². The monoisotopic (exact) mass is 270 g/mol. The summed E-state index contributed by atoms with van der Waals surface area (Å²) in [5, 5.41) is 9.90. The van der Waals surface area contributed by atoms with Gasteiger partial charge in [0.25, 0.3) is 0 Å². The van der Waals surface area contributed by atoms with Crippen LogP contribution in [0.4, 0.5) is 13.2 Å². The second-order valence-electron chi connectivity index (χ2n) is 4.36. The predicted octanol–water partition coefficient (Wildman–Crippen LogP) is 3.88. The molecule has 1 atom stereocenters. The van der Waals surface area contributed by atoms with Crippen LogP contribution in [-0.4, -0.2) is 5.11 Å². The summed E-state index contributed by atoms with van der Waals surface area (Å²) in [6, 6.07) is 8.13. The summed E-state index contributed by atoms with van der Waals surface area (Å²) in [7, 11) is 0. The largest absolute Gasteiger partial charge is 0.464 e. The third kappa shape index (κ3) is 3.38. The normalized spacial score (nSPS) is 13.5. The van der Waals surface area contributed by atoms with Gasteiger partial charge in [-0.05, 0) is 36.8 Å². The molecule has 0 amide bonds. The molecule has 2 aromatic rings. The molecular formula is C14H13F3O2. The molecule has 1 N–H and O–H groups in total. The Balaban J connectivity index is 2.07. The molecule has 1 aromatic carbocycles. The van der Waals surface area contributed by atoms with Crippen LogP contribution in [0.25, 0.3) is 0 Å². The molecule has 0 aliphatic rings. The molecular weight excluding hydrogens is 257 g/mol. The smallest absolute Gasteiger partial charge is 0.416 e. The number of alkyl halides is 3. The molecule has 1 aromatic heterocycles. The number of halogens is 3. The van der Waals surface area contributed by atoms with Gasteiger partial charge in [-0.25, -0.2) is 0 Å². The Hall–Kier alpha value is -1.75. The highest BCUT2D eigenvalue weighted by Gasteiger charge is 2.30. The van der Waals surface area contributed by atoms with Gasteiger partial charge in [-0.3, -0.25) is 0 Å². The highest BCUT2D eigenvalue weighted by molar-refractivity contribution is 5.25. The number of benzene rings is 1. The van der Waals surface area contributed by atoms with Gasteiger partial charge >= 0.3 is 6.18 Å². The molecule has 0 aliphatic heterocycles. The van der Waals surface area contributed by atoms with Gasteiger partial charge in [0.2, 0.25) is 0 Å². The van der Waals surface area contributed by atoms with Crippen LogP contribution < -0.4 is 0 Å². The molecule has 2 nitrogen and oxygen atoms in total. The van der Waals surface area contributed by atoms with Crippen molar-refractivity contribution in [2.24, 2.45) is 0 Å². The average molecular weight is 270 g/mol. The fourth-order valence-electron chi connectivity index (χ4n) is 1.79. The second kappa shape index (κ2) is 5.09. The number of rotatable bonds is 3. The van der Waals surface area contributed by atoms with Crippen LogP contribution in [0.5, 0.6) is 0 Å². The maximum Gasteiger partial charge on any atom is 0.416 e.